The fraction of sp³-hybridized carbons (Fsp3) is 0.625. The summed E-state index contributed by atoms with van der Waals surface area (Å²) < 4.78 is 32.2. The summed E-state index contributed by atoms with van der Waals surface area (Å²) in [5.74, 6) is 0.688. The van der Waals surface area contributed by atoms with Crippen molar-refractivity contribution in [1.29, 1.82) is 0 Å². The maximum atomic E-state index is 12.7. The van der Waals surface area contributed by atoms with E-state index >= 15 is 0 Å². The minimum Gasteiger partial charge on any atom is -0.494 e. The van der Waals surface area contributed by atoms with Crippen molar-refractivity contribution >= 4 is 10.0 Å². The van der Waals surface area contributed by atoms with Gasteiger partial charge in [-0.2, -0.15) is 4.31 Å². The Bertz CT molecular complexity index is 592. The molecule has 0 bridgehead atoms. The van der Waals surface area contributed by atoms with E-state index in [1.165, 1.54) is 4.31 Å². The number of sulfonamides is 1. The van der Waals surface area contributed by atoms with Crippen molar-refractivity contribution in [3.63, 3.8) is 0 Å². The van der Waals surface area contributed by atoms with Gasteiger partial charge in [-0.05, 0) is 64.5 Å². The Balaban J connectivity index is 2.15. The van der Waals surface area contributed by atoms with Crippen LogP contribution in [0.5, 0.6) is 5.75 Å². The van der Waals surface area contributed by atoms with E-state index in [9.17, 15) is 8.42 Å². The lowest BCUT2D eigenvalue weighted by atomic mass is 9.75. The normalized spacial score (nSPS) is 17.5. The quantitative estimate of drug-likeness (QED) is 0.771. The van der Waals surface area contributed by atoms with Crippen molar-refractivity contribution < 1.29 is 13.2 Å². The molecule has 22 heavy (non-hydrogen) atoms. The summed E-state index contributed by atoms with van der Waals surface area (Å²) in [4.78, 5) is 2.47. The molecule has 1 saturated carbocycles. The molecule has 0 heterocycles. The predicted molar refractivity (Wildman–Crippen MR) is 87.7 cm³/mol. The third-order valence-electron chi connectivity index (χ3n) is 4.59. The summed E-state index contributed by atoms with van der Waals surface area (Å²) >= 11 is 0. The van der Waals surface area contributed by atoms with E-state index in [2.05, 4.69) is 4.90 Å². The number of benzene rings is 1. The van der Waals surface area contributed by atoms with Gasteiger partial charge in [0.1, 0.15) is 5.75 Å². The fourth-order valence-electron chi connectivity index (χ4n) is 2.89. The fourth-order valence-corrected chi connectivity index (χ4v) is 4.14. The second-order valence-electron chi connectivity index (χ2n) is 6.14. The van der Waals surface area contributed by atoms with E-state index in [-0.39, 0.29) is 5.54 Å². The molecule has 1 aliphatic carbocycles. The molecule has 2 rings (SSSR count). The molecule has 0 aliphatic heterocycles. The summed E-state index contributed by atoms with van der Waals surface area (Å²) in [7, 11) is 2.25. The lowest BCUT2D eigenvalue weighted by molar-refractivity contribution is 0.0455. The van der Waals surface area contributed by atoms with Crippen LogP contribution in [0, 0.1) is 0 Å². The van der Waals surface area contributed by atoms with E-state index in [0.29, 0.717) is 23.8 Å². The third kappa shape index (κ3) is 3.29. The molecule has 1 fully saturated rings. The van der Waals surface area contributed by atoms with Gasteiger partial charge in [-0.3, -0.25) is 0 Å². The molecule has 0 atom stereocenters. The lowest BCUT2D eigenvalue weighted by Crippen LogP contribution is -2.57. The molecule has 0 N–H and O–H groups in total. The van der Waals surface area contributed by atoms with Crippen LogP contribution >= 0.6 is 0 Å². The second-order valence-corrected chi connectivity index (χ2v) is 8.18. The minimum atomic E-state index is -3.46. The standard InChI is InChI=1S/C16H26N2O3S/c1-5-21-14-7-9-15(10-8-14)22(19,20)18(4)13-16(17(2)3)11-6-12-16/h7-10H,5-6,11-13H2,1-4H3. The van der Waals surface area contributed by atoms with Gasteiger partial charge in [0.2, 0.25) is 10.0 Å². The summed E-state index contributed by atoms with van der Waals surface area (Å²) in [6.45, 7) is 2.99. The third-order valence-corrected chi connectivity index (χ3v) is 6.41. The number of hydrogen-bond donors (Lipinski definition) is 0. The maximum Gasteiger partial charge on any atom is 0.242 e. The first-order valence-electron chi connectivity index (χ1n) is 7.68. The van der Waals surface area contributed by atoms with Crippen LogP contribution in [0.25, 0.3) is 0 Å². The number of rotatable bonds is 7. The molecule has 0 unspecified atom stereocenters. The van der Waals surface area contributed by atoms with E-state index in [1.807, 2.05) is 21.0 Å². The maximum absolute atomic E-state index is 12.7. The zero-order chi connectivity index (χ0) is 16.4. The highest BCUT2D eigenvalue weighted by Gasteiger charge is 2.42. The van der Waals surface area contributed by atoms with Crippen LogP contribution in [0.4, 0.5) is 0 Å². The van der Waals surface area contributed by atoms with Gasteiger partial charge >= 0.3 is 0 Å². The topological polar surface area (TPSA) is 49.9 Å². The molecule has 0 saturated heterocycles. The van der Waals surface area contributed by atoms with Crippen LogP contribution in [0.3, 0.4) is 0 Å². The Labute approximate surface area is 133 Å². The average molecular weight is 326 g/mol. The number of likely N-dealkylation sites (N-methyl/N-ethyl adjacent to an activating group) is 2. The molecular formula is C16H26N2O3S. The van der Waals surface area contributed by atoms with Crippen LogP contribution in [-0.2, 0) is 10.0 Å². The highest BCUT2D eigenvalue weighted by Crippen LogP contribution is 2.37. The molecule has 5 nitrogen and oxygen atoms in total. The van der Waals surface area contributed by atoms with Crippen LogP contribution in [-0.4, -0.2) is 57.5 Å². The molecule has 124 valence electrons. The summed E-state index contributed by atoms with van der Waals surface area (Å²) in [6, 6.07) is 6.63. The second kappa shape index (κ2) is 6.56. The summed E-state index contributed by atoms with van der Waals surface area (Å²) in [5, 5.41) is 0. The molecule has 0 radical (unpaired) electrons. The van der Waals surface area contributed by atoms with Crippen molar-refractivity contribution in [2.75, 3.05) is 34.3 Å². The molecule has 0 aromatic heterocycles. The van der Waals surface area contributed by atoms with Crippen molar-refractivity contribution in [3.05, 3.63) is 24.3 Å². The molecule has 1 aliphatic rings. The van der Waals surface area contributed by atoms with Crippen LogP contribution < -0.4 is 4.74 Å². The first-order chi connectivity index (χ1) is 10.3. The van der Waals surface area contributed by atoms with Crippen LogP contribution in [0.15, 0.2) is 29.2 Å². The summed E-state index contributed by atoms with van der Waals surface area (Å²) in [6.07, 6.45) is 3.25. The number of nitrogens with zero attached hydrogens (tertiary/aromatic N) is 2. The monoisotopic (exact) mass is 326 g/mol. The van der Waals surface area contributed by atoms with Crippen molar-refractivity contribution in [2.24, 2.45) is 0 Å². The minimum absolute atomic E-state index is 0.0208. The van der Waals surface area contributed by atoms with Crippen LogP contribution in [0.2, 0.25) is 0 Å². The van der Waals surface area contributed by atoms with Gasteiger partial charge < -0.3 is 9.64 Å². The molecule has 6 heteroatoms. The first-order valence-corrected chi connectivity index (χ1v) is 9.12. The molecule has 0 amide bonds. The highest BCUT2D eigenvalue weighted by atomic mass is 32.2. The van der Waals surface area contributed by atoms with E-state index in [1.54, 1.807) is 31.3 Å². The van der Waals surface area contributed by atoms with Gasteiger partial charge in [0.25, 0.3) is 0 Å². The molecule has 1 aromatic rings. The van der Waals surface area contributed by atoms with Crippen molar-refractivity contribution in [2.45, 2.75) is 36.6 Å². The highest BCUT2D eigenvalue weighted by molar-refractivity contribution is 7.89. The average Bonchev–Trinajstić information content (AvgIpc) is 2.43. The Morgan fingerprint density at radius 3 is 2.14 bits per heavy atom. The lowest BCUT2D eigenvalue weighted by Gasteiger charge is -2.48. The Morgan fingerprint density at radius 2 is 1.73 bits per heavy atom. The summed E-state index contributed by atoms with van der Waals surface area (Å²) in [5.41, 5.74) is -0.0208. The first kappa shape index (κ1) is 17.2. The molecular weight excluding hydrogens is 300 g/mol. The van der Waals surface area contributed by atoms with E-state index in [4.69, 9.17) is 4.74 Å². The SMILES string of the molecule is CCOc1ccc(S(=O)(=O)N(C)CC2(N(C)C)CCC2)cc1. The zero-order valence-electron chi connectivity index (χ0n) is 13.9. The Morgan fingerprint density at radius 1 is 1.14 bits per heavy atom. The predicted octanol–water partition coefficient (Wildman–Crippen LogP) is 2.19. The van der Waals surface area contributed by atoms with Gasteiger partial charge in [0.05, 0.1) is 11.5 Å². The van der Waals surface area contributed by atoms with Gasteiger partial charge in [0, 0.05) is 19.1 Å². The Kier molecular flexibility index (Phi) is 5.14. The van der Waals surface area contributed by atoms with E-state index in [0.717, 1.165) is 19.3 Å². The zero-order valence-corrected chi connectivity index (χ0v) is 14.7. The van der Waals surface area contributed by atoms with Gasteiger partial charge in [-0.15, -0.1) is 0 Å². The van der Waals surface area contributed by atoms with Gasteiger partial charge in [-0.25, -0.2) is 8.42 Å². The van der Waals surface area contributed by atoms with Crippen molar-refractivity contribution in [3.8, 4) is 5.75 Å². The van der Waals surface area contributed by atoms with Gasteiger partial charge in [0.15, 0.2) is 0 Å². The number of ether oxygens (including phenoxy) is 1. The number of hydrogen-bond acceptors (Lipinski definition) is 4. The van der Waals surface area contributed by atoms with E-state index < -0.39 is 10.0 Å². The Hall–Kier alpha value is -1.11. The molecule has 1 aromatic carbocycles. The van der Waals surface area contributed by atoms with Crippen LogP contribution in [0.1, 0.15) is 26.2 Å². The smallest absolute Gasteiger partial charge is 0.242 e. The largest absolute Gasteiger partial charge is 0.494 e. The van der Waals surface area contributed by atoms with Crippen molar-refractivity contribution in [1.82, 2.24) is 9.21 Å². The van der Waals surface area contributed by atoms with Gasteiger partial charge in [-0.1, -0.05) is 0 Å². The molecule has 0 spiro atoms.